The van der Waals surface area contributed by atoms with Gasteiger partial charge in [-0.05, 0) is 25.0 Å². The van der Waals surface area contributed by atoms with Crippen LogP contribution in [0.4, 0.5) is 8.78 Å². The van der Waals surface area contributed by atoms with E-state index in [1.807, 2.05) is 6.92 Å². The Balaban J connectivity index is 1.94. The van der Waals surface area contributed by atoms with Crippen molar-refractivity contribution < 1.29 is 18.4 Å². The van der Waals surface area contributed by atoms with Gasteiger partial charge < -0.3 is 9.80 Å². The van der Waals surface area contributed by atoms with Crippen molar-refractivity contribution in [3.8, 4) is 0 Å². The predicted molar refractivity (Wildman–Crippen MR) is 92.1 cm³/mol. The maximum atomic E-state index is 13.3. The van der Waals surface area contributed by atoms with E-state index in [0.717, 1.165) is 43.9 Å². The van der Waals surface area contributed by atoms with Crippen molar-refractivity contribution in [2.24, 2.45) is 5.92 Å². The lowest BCUT2D eigenvalue weighted by Gasteiger charge is -2.36. The van der Waals surface area contributed by atoms with Gasteiger partial charge in [0.05, 0.1) is 0 Å². The topological polar surface area (TPSA) is 40.6 Å². The quantitative estimate of drug-likeness (QED) is 0.787. The van der Waals surface area contributed by atoms with Gasteiger partial charge in [0.15, 0.2) is 0 Å². The molecule has 0 radical (unpaired) electrons. The van der Waals surface area contributed by atoms with Gasteiger partial charge in [-0.15, -0.1) is 0 Å². The molecular formula is C19H26F2N2O2. The van der Waals surface area contributed by atoms with E-state index in [2.05, 4.69) is 6.92 Å². The van der Waals surface area contributed by atoms with Crippen LogP contribution < -0.4 is 0 Å². The van der Waals surface area contributed by atoms with Crippen LogP contribution in [0.2, 0.25) is 0 Å². The Hall–Kier alpha value is -1.98. The fourth-order valence-corrected chi connectivity index (χ4v) is 3.20. The van der Waals surface area contributed by atoms with E-state index >= 15 is 0 Å². The van der Waals surface area contributed by atoms with E-state index in [0.29, 0.717) is 26.2 Å². The molecule has 138 valence electrons. The Morgan fingerprint density at radius 2 is 1.56 bits per heavy atom. The smallest absolute Gasteiger partial charge is 0.254 e. The summed E-state index contributed by atoms with van der Waals surface area (Å²) in [7, 11) is 0. The molecule has 1 atom stereocenters. The Morgan fingerprint density at radius 3 is 2.08 bits per heavy atom. The first-order chi connectivity index (χ1) is 12.0. The van der Waals surface area contributed by atoms with Gasteiger partial charge in [-0.25, -0.2) is 8.78 Å². The third kappa shape index (κ3) is 5.00. The standard InChI is InChI=1S/C19H26F2N2O2/c1-3-5-6-14(4-2)18(24)22-7-9-23(10-8-22)19(25)15-11-16(20)13-17(21)12-15/h11-14H,3-10H2,1-2H3. The summed E-state index contributed by atoms with van der Waals surface area (Å²) in [5, 5.41) is 0. The van der Waals surface area contributed by atoms with E-state index in [-0.39, 0.29) is 17.4 Å². The van der Waals surface area contributed by atoms with Gasteiger partial charge in [-0.1, -0.05) is 26.7 Å². The summed E-state index contributed by atoms with van der Waals surface area (Å²) in [6, 6.07) is 2.83. The first-order valence-corrected chi connectivity index (χ1v) is 9.00. The summed E-state index contributed by atoms with van der Waals surface area (Å²) in [4.78, 5) is 28.3. The summed E-state index contributed by atoms with van der Waals surface area (Å²) < 4.78 is 26.6. The van der Waals surface area contributed by atoms with Gasteiger partial charge in [0, 0.05) is 43.7 Å². The normalized spacial score (nSPS) is 16.0. The van der Waals surface area contributed by atoms with Crippen LogP contribution in [-0.4, -0.2) is 47.8 Å². The highest BCUT2D eigenvalue weighted by Crippen LogP contribution is 2.18. The summed E-state index contributed by atoms with van der Waals surface area (Å²) in [5.74, 6) is -1.74. The monoisotopic (exact) mass is 352 g/mol. The lowest BCUT2D eigenvalue weighted by Crippen LogP contribution is -2.52. The van der Waals surface area contributed by atoms with Crippen LogP contribution in [0.5, 0.6) is 0 Å². The molecule has 6 heteroatoms. The number of unbranched alkanes of at least 4 members (excludes halogenated alkanes) is 1. The molecule has 2 amide bonds. The van der Waals surface area contributed by atoms with Gasteiger partial charge >= 0.3 is 0 Å². The number of carbonyl (C=O) groups excluding carboxylic acids is 2. The van der Waals surface area contributed by atoms with Crippen molar-refractivity contribution in [1.82, 2.24) is 9.80 Å². The Labute approximate surface area is 147 Å². The van der Waals surface area contributed by atoms with Crippen LogP contribution >= 0.6 is 0 Å². The third-order valence-corrected chi connectivity index (χ3v) is 4.74. The molecule has 1 saturated heterocycles. The largest absolute Gasteiger partial charge is 0.339 e. The molecule has 1 fully saturated rings. The molecule has 1 aliphatic rings. The number of amides is 2. The summed E-state index contributed by atoms with van der Waals surface area (Å²) >= 11 is 0. The van der Waals surface area contributed by atoms with Crippen LogP contribution in [0.25, 0.3) is 0 Å². The molecule has 2 rings (SSSR count). The van der Waals surface area contributed by atoms with Crippen molar-refractivity contribution in [2.75, 3.05) is 26.2 Å². The lowest BCUT2D eigenvalue weighted by molar-refractivity contribution is -0.137. The fourth-order valence-electron chi connectivity index (χ4n) is 3.20. The first kappa shape index (κ1) is 19.3. The molecular weight excluding hydrogens is 326 g/mol. The Bertz CT molecular complexity index is 593. The maximum Gasteiger partial charge on any atom is 0.254 e. The molecule has 0 spiro atoms. The van der Waals surface area contributed by atoms with E-state index < -0.39 is 17.5 Å². The van der Waals surface area contributed by atoms with Crippen LogP contribution in [0.1, 0.15) is 49.9 Å². The molecule has 4 nitrogen and oxygen atoms in total. The Kier molecular flexibility index (Phi) is 6.91. The van der Waals surface area contributed by atoms with E-state index in [9.17, 15) is 18.4 Å². The van der Waals surface area contributed by atoms with E-state index in [4.69, 9.17) is 0 Å². The molecule has 0 bridgehead atoms. The third-order valence-electron chi connectivity index (χ3n) is 4.74. The molecule has 0 aliphatic carbocycles. The lowest BCUT2D eigenvalue weighted by atomic mass is 9.97. The van der Waals surface area contributed by atoms with Crippen LogP contribution in [0, 0.1) is 17.6 Å². The van der Waals surface area contributed by atoms with E-state index in [1.54, 1.807) is 9.80 Å². The molecule has 25 heavy (non-hydrogen) atoms. The van der Waals surface area contributed by atoms with Crippen molar-refractivity contribution >= 4 is 11.8 Å². The van der Waals surface area contributed by atoms with Gasteiger partial charge in [0.2, 0.25) is 5.91 Å². The second kappa shape index (κ2) is 8.92. The number of piperazine rings is 1. The summed E-state index contributed by atoms with van der Waals surface area (Å²) in [6.07, 6.45) is 3.82. The second-order valence-electron chi connectivity index (χ2n) is 6.52. The number of benzene rings is 1. The zero-order valence-electron chi connectivity index (χ0n) is 14.9. The highest BCUT2D eigenvalue weighted by Gasteiger charge is 2.28. The average molecular weight is 352 g/mol. The van der Waals surface area contributed by atoms with Crippen LogP contribution in [0.15, 0.2) is 18.2 Å². The van der Waals surface area contributed by atoms with Gasteiger partial charge in [0.1, 0.15) is 11.6 Å². The van der Waals surface area contributed by atoms with Gasteiger partial charge in [-0.3, -0.25) is 9.59 Å². The zero-order chi connectivity index (χ0) is 18.4. The van der Waals surface area contributed by atoms with Crippen molar-refractivity contribution in [3.05, 3.63) is 35.4 Å². The molecule has 0 N–H and O–H groups in total. The van der Waals surface area contributed by atoms with Gasteiger partial charge in [-0.2, -0.15) is 0 Å². The van der Waals surface area contributed by atoms with Crippen LogP contribution in [-0.2, 0) is 4.79 Å². The van der Waals surface area contributed by atoms with Crippen molar-refractivity contribution in [3.63, 3.8) is 0 Å². The number of carbonyl (C=O) groups is 2. The molecule has 1 unspecified atom stereocenters. The van der Waals surface area contributed by atoms with Crippen LogP contribution in [0.3, 0.4) is 0 Å². The second-order valence-corrected chi connectivity index (χ2v) is 6.52. The SMILES string of the molecule is CCCCC(CC)C(=O)N1CCN(C(=O)c2cc(F)cc(F)c2)CC1. The first-order valence-electron chi connectivity index (χ1n) is 9.00. The van der Waals surface area contributed by atoms with E-state index in [1.165, 1.54) is 0 Å². The summed E-state index contributed by atoms with van der Waals surface area (Å²) in [6.45, 7) is 5.82. The highest BCUT2D eigenvalue weighted by atomic mass is 19.1. The molecule has 0 saturated carbocycles. The molecule has 1 aromatic carbocycles. The summed E-state index contributed by atoms with van der Waals surface area (Å²) in [5.41, 5.74) is 0.00616. The predicted octanol–water partition coefficient (Wildman–Crippen LogP) is 3.47. The highest BCUT2D eigenvalue weighted by molar-refractivity contribution is 5.94. The number of rotatable bonds is 6. The maximum absolute atomic E-state index is 13.3. The number of hydrogen-bond donors (Lipinski definition) is 0. The van der Waals surface area contributed by atoms with Gasteiger partial charge in [0.25, 0.3) is 5.91 Å². The zero-order valence-corrected chi connectivity index (χ0v) is 14.9. The van der Waals surface area contributed by atoms with Crippen molar-refractivity contribution in [2.45, 2.75) is 39.5 Å². The number of hydrogen-bond acceptors (Lipinski definition) is 2. The number of halogens is 2. The molecule has 1 heterocycles. The fraction of sp³-hybridized carbons (Fsp3) is 0.579. The molecule has 0 aromatic heterocycles. The molecule has 1 aromatic rings. The molecule has 1 aliphatic heterocycles. The minimum absolute atomic E-state index is 0.00616. The Morgan fingerprint density at radius 1 is 1.00 bits per heavy atom. The number of nitrogens with zero attached hydrogens (tertiary/aromatic N) is 2. The minimum Gasteiger partial charge on any atom is -0.339 e. The van der Waals surface area contributed by atoms with Crippen molar-refractivity contribution in [1.29, 1.82) is 0 Å². The average Bonchev–Trinajstić information content (AvgIpc) is 2.61. The minimum atomic E-state index is -0.765.